The summed E-state index contributed by atoms with van der Waals surface area (Å²) in [4.78, 5) is 65.6. The van der Waals surface area contributed by atoms with Crippen molar-refractivity contribution in [2.24, 2.45) is 24.1 Å². The predicted octanol–water partition coefficient (Wildman–Crippen LogP) is 2.29. The second kappa shape index (κ2) is 11.9. The lowest BCUT2D eigenvalue weighted by molar-refractivity contribution is -0.176. The number of rotatable bonds is 8. The molecule has 10 nitrogen and oxygen atoms in total. The summed E-state index contributed by atoms with van der Waals surface area (Å²) >= 11 is 0. The fourth-order valence-corrected chi connectivity index (χ4v) is 5.28. The zero-order valence-electron chi connectivity index (χ0n) is 23.7. The summed E-state index contributed by atoms with van der Waals surface area (Å²) in [6.45, 7) is 6.52. The number of nitrogens with zero attached hydrogens (tertiary/aromatic N) is 2. The molecule has 1 aliphatic rings. The molecule has 2 aromatic rings. The van der Waals surface area contributed by atoms with Gasteiger partial charge in [0.1, 0.15) is 18.1 Å². The number of hydrogen-bond acceptors (Lipinski definition) is 5. The van der Waals surface area contributed by atoms with E-state index in [4.69, 9.17) is 5.73 Å². The molecule has 1 aliphatic heterocycles. The Morgan fingerprint density at radius 2 is 1.73 bits per heavy atom. The molecule has 0 bridgehead atoms. The number of pyridine rings is 1. The van der Waals surface area contributed by atoms with Crippen LogP contribution in [0.5, 0.6) is 0 Å². The molecule has 1 fully saturated rings. The molecule has 2 heterocycles. The van der Waals surface area contributed by atoms with E-state index < -0.39 is 58.9 Å². The van der Waals surface area contributed by atoms with Crippen LogP contribution in [0.4, 0.5) is 13.2 Å². The zero-order valence-corrected chi connectivity index (χ0v) is 23.7. The summed E-state index contributed by atoms with van der Waals surface area (Å²) in [7, 11) is 1.56. The van der Waals surface area contributed by atoms with Gasteiger partial charge in [-0.05, 0) is 35.8 Å². The van der Waals surface area contributed by atoms with Crippen LogP contribution < -0.4 is 21.9 Å². The summed E-state index contributed by atoms with van der Waals surface area (Å²) in [5.41, 5.74) is 4.79. The van der Waals surface area contributed by atoms with Crippen LogP contribution >= 0.6 is 0 Å². The van der Waals surface area contributed by atoms with Gasteiger partial charge in [-0.3, -0.25) is 24.0 Å². The van der Waals surface area contributed by atoms with Crippen LogP contribution in [-0.4, -0.2) is 57.9 Å². The third-order valence-electron chi connectivity index (χ3n) is 7.38. The number of halogens is 3. The van der Waals surface area contributed by atoms with E-state index in [2.05, 4.69) is 5.32 Å². The molecule has 0 aliphatic carbocycles. The number of carbonyl (C=O) groups excluding carboxylic acids is 4. The highest BCUT2D eigenvalue weighted by Gasteiger charge is 2.48. The molecule has 2 unspecified atom stereocenters. The van der Waals surface area contributed by atoms with E-state index in [0.29, 0.717) is 17.3 Å². The minimum atomic E-state index is -5.21. The van der Waals surface area contributed by atoms with Crippen LogP contribution in [0.15, 0.2) is 35.1 Å². The van der Waals surface area contributed by atoms with E-state index in [-0.39, 0.29) is 24.4 Å². The summed E-state index contributed by atoms with van der Waals surface area (Å²) < 4.78 is 40.6. The Morgan fingerprint density at radius 1 is 1.10 bits per heavy atom. The third-order valence-corrected chi connectivity index (χ3v) is 7.38. The first-order valence-corrected chi connectivity index (χ1v) is 13.3. The Balaban J connectivity index is 1.99. The van der Waals surface area contributed by atoms with Gasteiger partial charge in [0.15, 0.2) is 0 Å². The van der Waals surface area contributed by atoms with E-state index >= 15 is 0 Å². The Kier molecular flexibility index (Phi) is 9.19. The number of hydrogen-bond donors (Lipinski definition) is 3. The number of benzene rings is 1. The van der Waals surface area contributed by atoms with Gasteiger partial charge in [0.2, 0.25) is 17.7 Å². The minimum absolute atomic E-state index is 0.0786. The lowest BCUT2D eigenvalue weighted by Gasteiger charge is -2.35. The first-order valence-electron chi connectivity index (χ1n) is 13.3. The minimum Gasteiger partial charge on any atom is -0.368 e. The number of carbonyl (C=O) groups is 4. The van der Waals surface area contributed by atoms with Gasteiger partial charge < -0.3 is 25.8 Å². The second-order valence-electron chi connectivity index (χ2n) is 11.5. The van der Waals surface area contributed by atoms with Crippen LogP contribution in [0.1, 0.15) is 58.6 Å². The molecule has 0 radical (unpaired) electrons. The van der Waals surface area contributed by atoms with Crippen molar-refractivity contribution in [3.63, 3.8) is 0 Å². The van der Waals surface area contributed by atoms with Crippen LogP contribution in [0, 0.1) is 11.3 Å². The van der Waals surface area contributed by atoms with Crippen LogP contribution in [0.25, 0.3) is 10.9 Å². The Hall–Kier alpha value is -3.90. The van der Waals surface area contributed by atoms with Gasteiger partial charge in [0.25, 0.3) is 5.56 Å². The summed E-state index contributed by atoms with van der Waals surface area (Å²) in [6, 6.07) is 3.81. The maximum Gasteiger partial charge on any atom is 0.471 e. The number of aromatic nitrogens is 1. The molecular formula is C28H36F3N5O5. The van der Waals surface area contributed by atoms with Crippen molar-refractivity contribution in [3.8, 4) is 0 Å². The van der Waals surface area contributed by atoms with Crippen molar-refractivity contribution < 1.29 is 32.3 Å². The molecule has 224 valence electrons. The lowest BCUT2D eigenvalue weighted by Crippen LogP contribution is -2.59. The molecule has 13 heteroatoms. The summed E-state index contributed by atoms with van der Waals surface area (Å²) in [5.74, 6) is -4.94. The van der Waals surface area contributed by atoms with E-state index in [9.17, 15) is 37.1 Å². The Labute approximate surface area is 235 Å². The van der Waals surface area contributed by atoms with Gasteiger partial charge in [0, 0.05) is 25.0 Å². The highest BCUT2D eigenvalue weighted by molar-refractivity contribution is 5.97. The molecule has 4 amide bonds. The van der Waals surface area contributed by atoms with E-state index in [1.165, 1.54) is 36.3 Å². The molecule has 1 aromatic heterocycles. The third kappa shape index (κ3) is 6.88. The number of likely N-dealkylation sites (tertiary alicyclic amines) is 1. The molecule has 41 heavy (non-hydrogen) atoms. The number of primary amides is 1. The number of para-hydroxylation sites is 1. The molecule has 4 N–H and O–H groups in total. The molecule has 0 spiro atoms. The van der Waals surface area contributed by atoms with Gasteiger partial charge >= 0.3 is 12.1 Å². The molecule has 3 rings (SSSR count). The number of nitrogens with two attached hydrogens (primary N) is 1. The van der Waals surface area contributed by atoms with E-state index in [1.807, 2.05) is 6.92 Å². The fourth-order valence-electron chi connectivity index (χ4n) is 5.28. The highest BCUT2D eigenvalue weighted by Crippen LogP contribution is 2.32. The molecule has 4 atom stereocenters. The summed E-state index contributed by atoms with van der Waals surface area (Å²) in [6.07, 6.45) is -3.64. The number of aryl methyl sites for hydroxylation is 1. The van der Waals surface area contributed by atoms with Crippen molar-refractivity contribution in [2.45, 2.75) is 71.3 Å². The van der Waals surface area contributed by atoms with Crippen LogP contribution in [0.2, 0.25) is 0 Å². The standard InChI is InChI=1S/C28H36F3N5O5/c1-6-9-15-12-19(36(14-15)25(40)22(27(2,3)4)34-26(41)28(29,30)31)24(39)33-21(23(32)38)17-13-20(37)35(5)18-11-8-7-10-16(17)18/h7-8,10-11,13,15,19,21-22H,6,9,12,14H2,1-5H3,(H2,32,38)(H,33,39)(H,34,41)/t15-,19-,21?,22?/m0/s1. The van der Waals surface area contributed by atoms with Gasteiger partial charge in [-0.15, -0.1) is 0 Å². The summed E-state index contributed by atoms with van der Waals surface area (Å²) in [5, 5.41) is 4.88. The Bertz CT molecular complexity index is 1400. The highest BCUT2D eigenvalue weighted by atomic mass is 19.4. The molecular weight excluding hydrogens is 543 g/mol. The van der Waals surface area contributed by atoms with Gasteiger partial charge in [-0.2, -0.15) is 13.2 Å². The quantitative estimate of drug-likeness (QED) is 0.440. The van der Waals surface area contributed by atoms with E-state index in [0.717, 1.165) is 6.42 Å². The van der Waals surface area contributed by atoms with Crippen molar-refractivity contribution >= 4 is 34.5 Å². The first kappa shape index (κ1) is 31.6. The maximum atomic E-state index is 13.7. The van der Waals surface area contributed by atoms with Crippen LogP contribution in [-0.2, 0) is 26.2 Å². The second-order valence-corrected chi connectivity index (χ2v) is 11.5. The fraction of sp³-hybridized carbons (Fsp3) is 0.536. The monoisotopic (exact) mass is 579 g/mol. The SMILES string of the molecule is CCC[C@H]1C[C@@H](C(=O)NC(C(N)=O)c2cc(=O)n(C)c3ccccc23)N(C(=O)C(NC(=O)C(F)(F)F)C(C)(C)C)C1. The number of alkyl halides is 3. The normalized spacial score (nSPS) is 19.1. The number of fused-ring (bicyclic) bond motifs is 1. The van der Waals surface area contributed by atoms with Crippen molar-refractivity contribution in [3.05, 3.63) is 46.2 Å². The zero-order chi connectivity index (χ0) is 30.9. The molecule has 0 saturated carbocycles. The average molecular weight is 580 g/mol. The smallest absolute Gasteiger partial charge is 0.368 e. The van der Waals surface area contributed by atoms with Gasteiger partial charge in [-0.1, -0.05) is 52.3 Å². The van der Waals surface area contributed by atoms with Crippen molar-refractivity contribution in [1.29, 1.82) is 0 Å². The predicted molar refractivity (Wildman–Crippen MR) is 145 cm³/mol. The van der Waals surface area contributed by atoms with Gasteiger partial charge in [-0.25, -0.2) is 0 Å². The van der Waals surface area contributed by atoms with Crippen LogP contribution in [0.3, 0.4) is 0 Å². The topological polar surface area (TPSA) is 144 Å². The Morgan fingerprint density at radius 3 is 2.29 bits per heavy atom. The van der Waals surface area contributed by atoms with E-state index in [1.54, 1.807) is 36.6 Å². The number of amides is 4. The number of nitrogens with one attached hydrogen (secondary N) is 2. The largest absolute Gasteiger partial charge is 0.471 e. The molecule has 1 saturated heterocycles. The lowest BCUT2D eigenvalue weighted by atomic mass is 9.85. The average Bonchev–Trinajstić information content (AvgIpc) is 3.30. The van der Waals surface area contributed by atoms with Crippen molar-refractivity contribution in [1.82, 2.24) is 20.1 Å². The van der Waals surface area contributed by atoms with Crippen molar-refractivity contribution in [2.75, 3.05) is 6.54 Å². The van der Waals surface area contributed by atoms with Gasteiger partial charge in [0.05, 0.1) is 5.52 Å². The molecule has 1 aromatic carbocycles. The maximum absolute atomic E-state index is 13.7. The first-order chi connectivity index (χ1) is 19.0.